The lowest BCUT2D eigenvalue weighted by molar-refractivity contribution is -0.126. The third kappa shape index (κ3) is 3.84. The average molecular weight is 316 g/mol. The molecule has 1 N–H and O–H groups in total. The smallest absolute Gasteiger partial charge is 0.228 e. The van der Waals surface area contributed by atoms with Crippen LogP contribution in [0.3, 0.4) is 0 Å². The van der Waals surface area contributed by atoms with Crippen LogP contribution in [0.25, 0.3) is 0 Å². The van der Waals surface area contributed by atoms with Gasteiger partial charge in [0.25, 0.3) is 0 Å². The highest BCUT2D eigenvalue weighted by Crippen LogP contribution is 2.31. The quantitative estimate of drug-likeness (QED) is 0.928. The maximum atomic E-state index is 12.4. The predicted molar refractivity (Wildman–Crippen MR) is 88.5 cm³/mol. The summed E-state index contributed by atoms with van der Waals surface area (Å²) < 4.78 is 5.56. The maximum Gasteiger partial charge on any atom is 0.228 e. The van der Waals surface area contributed by atoms with Crippen LogP contribution in [0.1, 0.15) is 38.5 Å². The van der Waals surface area contributed by atoms with Crippen molar-refractivity contribution < 1.29 is 14.3 Å². The van der Waals surface area contributed by atoms with Crippen LogP contribution in [0.5, 0.6) is 5.75 Å². The van der Waals surface area contributed by atoms with Gasteiger partial charge in [0.2, 0.25) is 11.8 Å². The molecule has 1 saturated carbocycles. The summed E-state index contributed by atoms with van der Waals surface area (Å²) in [5.74, 6) is 1.03. The minimum Gasteiger partial charge on any atom is -0.490 e. The molecule has 1 heterocycles. The molecule has 2 aliphatic rings. The van der Waals surface area contributed by atoms with E-state index in [1.165, 1.54) is 6.42 Å². The number of rotatable bonds is 4. The molecule has 3 rings (SSSR count). The lowest BCUT2D eigenvalue weighted by Crippen LogP contribution is -2.40. The molecule has 0 saturated heterocycles. The highest BCUT2D eigenvalue weighted by Gasteiger charge is 2.24. The topological polar surface area (TPSA) is 58.6 Å². The van der Waals surface area contributed by atoms with Gasteiger partial charge >= 0.3 is 0 Å². The van der Waals surface area contributed by atoms with Gasteiger partial charge in [0, 0.05) is 18.9 Å². The number of benzene rings is 1. The summed E-state index contributed by atoms with van der Waals surface area (Å²) in [5.41, 5.74) is 0.822. The number of hydrogen-bond donors (Lipinski definition) is 1. The Balaban J connectivity index is 1.49. The standard InChI is InChI=1S/C18H24N2O3/c21-17(10-11-19-18(22)14-6-2-1-3-7-14)20-12-13-23-16-9-5-4-8-15(16)20/h4-5,8-9,14H,1-3,6-7,10-13H2,(H,19,22). The minimum absolute atomic E-state index is 0.0321. The first-order chi connectivity index (χ1) is 11.3. The lowest BCUT2D eigenvalue weighted by atomic mass is 9.89. The molecule has 2 amide bonds. The van der Waals surface area contributed by atoms with E-state index >= 15 is 0 Å². The second-order valence-electron chi connectivity index (χ2n) is 6.24. The zero-order chi connectivity index (χ0) is 16.1. The monoisotopic (exact) mass is 316 g/mol. The van der Waals surface area contributed by atoms with Gasteiger partial charge < -0.3 is 15.0 Å². The van der Waals surface area contributed by atoms with Crippen molar-refractivity contribution in [3.05, 3.63) is 24.3 Å². The SMILES string of the molecule is O=C(NCCC(=O)N1CCOc2ccccc21)C1CCCCC1. The normalized spacial score (nSPS) is 18.0. The van der Waals surface area contributed by atoms with Crippen molar-refractivity contribution >= 4 is 17.5 Å². The van der Waals surface area contributed by atoms with E-state index in [2.05, 4.69) is 5.32 Å². The van der Waals surface area contributed by atoms with Gasteiger partial charge in [-0.2, -0.15) is 0 Å². The zero-order valence-corrected chi connectivity index (χ0v) is 13.4. The van der Waals surface area contributed by atoms with E-state index in [1.54, 1.807) is 4.90 Å². The van der Waals surface area contributed by atoms with Crippen LogP contribution in [0.4, 0.5) is 5.69 Å². The Morgan fingerprint density at radius 1 is 1.17 bits per heavy atom. The molecule has 1 aromatic carbocycles. The fourth-order valence-corrected chi connectivity index (χ4v) is 3.37. The number of nitrogens with zero attached hydrogens (tertiary/aromatic N) is 1. The molecule has 1 aromatic rings. The molecule has 0 radical (unpaired) electrons. The van der Waals surface area contributed by atoms with Gasteiger partial charge in [0.1, 0.15) is 12.4 Å². The van der Waals surface area contributed by atoms with Gasteiger partial charge in [-0.05, 0) is 25.0 Å². The first-order valence-corrected chi connectivity index (χ1v) is 8.55. The first kappa shape index (κ1) is 15.8. The van der Waals surface area contributed by atoms with Gasteiger partial charge in [-0.3, -0.25) is 9.59 Å². The zero-order valence-electron chi connectivity index (χ0n) is 13.4. The van der Waals surface area contributed by atoms with Crippen LogP contribution in [-0.2, 0) is 9.59 Å². The molecule has 1 fully saturated rings. The number of nitrogens with one attached hydrogen (secondary N) is 1. The second-order valence-corrected chi connectivity index (χ2v) is 6.24. The van der Waals surface area contributed by atoms with E-state index in [-0.39, 0.29) is 17.7 Å². The maximum absolute atomic E-state index is 12.4. The Hall–Kier alpha value is -2.04. The van der Waals surface area contributed by atoms with E-state index in [0.29, 0.717) is 26.1 Å². The molecule has 5 heteroatoms. The fraction of sp³-hybridized carbons (Fsp3) is 0.556. The second kappa shape index (κ2) is 7.49. The number of amides is 2. The number of hydrogen-bond acceptors (Lipinski definition) is 3. The highest BCUT2D eigenvalue weighted by atomic mass is 16.5. The average Bonchev–Trinajstić information content (AvgIpc) is 2.61. The third-order valence-electron chi connectivity index (χ3n) is 4.64. The van der Waals surface area contributed by atoms with Crippen LogP contribution < -0.4 is 15.0 Å². The number of fused-ring (bicyclic) bond motifs is 1. The van der Waals surface area contributed by atoms with Gasteiger partial charge in [-0.25, -0.2) is 0 Å². The Kier molecular flexibility index (Phi) is 5.16. The van der Waals surface area contributed by atoms with Crippen molar-refractivity contribution in [3.63, 3.8) is 0 Å². The molecule has 124 valence electrons. The molecule has 0 unspecified atom stereocenters. The van der Waals surface area contributed by atoms with Crippen molar-refractivity contribution in [3.8, 4) is 5.75 Å². The summed E-state index contributed by atoms with van der Waals surface area (Å²) in [7, 11) is 0. The molecular weight excluding hydrogens is 292 g/mol. The minimum atomic E-state index is 0.0321. The van der Waals surface area contributed by atoms with Crippen molar-refractivity contribution in [1.29, 1.82) is 0 Å². The number of ether oxygens (including phenoxy) is 1. The molecule has 0 bridgehead atoms. The molecule has 5 nitrogen and oxygen atoms in total. The summed E-state index contributed by atoms with van der Waals surface area (Å²) in [6, 6.07) is 7.57. The van der Waals surface area contributed by atoms with Gasteiger partial charge in [-0.1, -0.05) is 31.4 Å². The van der Waals surface area contributed by atoms with Gasteiger partial charge in [-0.15, -0.1) is 0 Å². The lowest BCUT2D eigenvalue weighted by Gasteiger charge is -2.29. The van der Waals surface area contributed by atoms with Crippen molar-refractivity contribution in [2.24, 2.45) is 5.92 Å². The molecular formula is C18H24N2O3. The predicted octanol–water partition coefficient (Wildman–Crippen LogP) is 2.50. The third-order valence-corrected chi connectivity index (χ3v) is 4.64. The number of anilines is 1. The Bertz CT molecular complexity index is 567. The van der Waals surface area contributed by atoms with Gasteiger partial charge in [0.05, 0.1) is 12.2 Å². The van der Waals surface area contributed by atoms with Crippen molar-refractivity contribution in [2.45, 2.75) is 38.5 Å². The van der Waals surface area contributed by atoms with Crippen molar-refractivity contribution in [2.75, 3.05) is 24.6 Å². The molecule has 0 atom stereocenters. The van der Waals surface area contributed by atoms with Crippen LogP contribution in [0.15, 0.2) is 24.3 Å². The van der Waals surface area contributed by atoms with E-state index in [1.807, 2.05) is 24.3 Å². The van der Waals surface area contributed by atoms with E-state index < -0.39 is 0 Å². The summed E-state index contributed by atoms with van der Waals surface area (Å²) in [5, 5.41) is 2.93. The fourth-order valence-electron chi connectivity index (χ4n) is 3.37. The van der Waals surface area contributed by atoms with Crippen LogP contribution in [-0.4, -0.2) is 31.5 Å². The Morgan fingerprint density at radius 3 is 2.78 bits per heavy atom. The van der Waals surface area contributed by atoms with Gasteiger partial charge in [0.15, 0.2) is 0 Å². The molecule has 1 aliphatic heterocycles. The van der Waals surface area contributed by atoms with Crippen molar-refractivity contribution in [1.82, 2.24) is 5.32 Å². The highest BCUT2D eigenvalue weighted by molar-refractivity contribution is 5.95. The number of para-hydroxylation sites is 2. The molecule has 0 aromatic heterocycles. The number of carbonyl (C=O) groups is 2. The van der Waals surface area contributed by atoms with Crippen LogP contribution in [0.2, 0.25) is 0 Å². The largest absolute Gasteiger partial charge is 0.490 e. The van der Waals surface area contributed by atoms with E-state index in [9.17, 15) is 9.59 Å². The van der Waals surface area contributed by atoms with Crippen LogP contribution >= 0.6 is 0 Å². The summed E-state index contributed by atoms with van der Waals surface area (Å²) >= 11 is 0. The number of carbonyl (C=O) groups excluding carboxylic acids is 2. The Labute approximate surface area is 137 Å². The van der Waals surface area contributed by atoms with E-state index in [4.69, 9.17) is 4.74 Å². The molecule has 23 heavy (non-hydrogen) atoms. The Morgan fingerprint density at radius 2 is 1.96 bits per heavy atom. The summed E-state index contributed by atoms with van der Waals surface area (Å²) in [4.78, 5) is 26.3. The van der Waals surface area contributed by atoms with E-state index in [0.717, 1.165) is 37.1 Å². The molecule has 0 spiro atoms. The first-order valence-electron chi connectivity index (χ1n) is 8.55. The molecule has 1 aliphatic carbocycles. The summed E-state index contributed by atoms with van der Waals surface area (Å²) in [6.07, 6.45) is 5.81. The summed E-state index contributed by atoms with van der Waals surface area (Å²) in [6.45, 7) is 1.48. The van der Waals surface area contributed by atoms with Crippen LogP contribution in [0, 0.1) is 5.92 Å².